The minimum atomic E-state index is -0.353. The van der Waals surface area contributed by atoms with Crippen LogP contribution >= 0.6 is 0 Å². The lowest BCUT2D eigenvalue weighted by atomic mass is 10.1. The van der Waals surface area contributed by atoms with E-state index in [4.69, 9.17) is 0 Å². The summed E-state index contributed by atoms with van der Waals surface area (Å²) in [5, 5.41) is 2.88. The van der Waals surface area contributed by atoms with Crippen LogP contribution in [0.25, 0.3) is 0 Å². The van der Waals surface area contributed by atoms with E-state index < -0.39 is 0 Å². The molecule has 6 nitrogen and oxygen atoms in total. The summed E-state index contributed by atoms with van der Waals surface area (Å²) in [7, 11) is 0. The maximum absolute atomic E-state index is 12.8. The third-order valence-electron chi connectivity index (χ3n) is 4.60. The van der Waals surface area contributed by atoms with Crippen molar-refractivity contribution >= 4 is 11.8 Å². The third kappa shape index (κ3) is 5.39. The highest BCUT2D eigenvalue weighted by Crippen LogP contribution is 2.12. The van der Waals surface area contributed by atoms with Crippen molar-refractivity contribution in [3.63, 3.8) is 0 Å². The maximum atomic E-state index is 12.8. The van der Waals surface area contributed by atoms with Crippen molar-refractivity contribution in [2.24, 2.45) is 0 Å². The zero-order valence-corrected chi connectivity index (χ0v) is 16.8. The Hall–Kier alpha value is -2.73. The topological polar surface area (TPSA) is 65.5 Å². The lowest BCUT2D eigenvalue weighted by Gasteiger charge is -2.34. The highest BCUT2D eigenvalue weighted by Gasteiger charge is 2.24. The summed E-state index contributed by atoms with van der Waals surface area (Å²) in [6.07, 6.45) is 0. The van der Waals surface area contributed by atoms with Crippen LogP contribution in [-0.2, 0) is 6.54 Å². The molecule has 1 aromatic heterocycles. The van der Waals surface area contributed by atoms with E-state index in [-0.39, 0.29) is 23.0 Å². The summed E-state index contributed by atoms with van der Waals surface area (Å²) in [5.41, 5.74) is 1.51. The zero-order valence-electron chi connectivity index (χ0n) is 16.8. The monoisotopic (exact) mass is 380 g/mol. The summed E-state index contributed by atoms with van der Waals surface area (Å²) < 4.78 is 0. The molecule has 0 atom stereocenters. The van der Waals surface area contributed by atoms with Crippen LogP contribution in [0.15, 0.2) is 48.5 Å². The first-order valence-corrected chi connectivity index (χ1v) is 9.67. The second kappa shape index (κ2) is 8.52. The van der Waals surface area contributed by atoms with E-state index in [0.29, 0.717) is 18.8 Å². The van der Waals surface area contributed by atoms with E-state index in [1.807, 2.05) is 43.9 Å². The van der Waals surface area contributed by atoms with Crippen LogP contribution in [0.1, 0.15) is 47.3 Å². The molecule has 1 saturated heterocycles. The van der Waals surface area contributed by atoms with Crippen LogP contribution in [0, 0.1) is 0 Å². The van der Waals surface area contributed by atoms with E-state index in [9.17, 15) is 9.59 Å². The standard InChI is InChI=1S/C22H28N4O2/c1-22(2,3)24-20(27)18-10-7-11-19(23-18)21(28)26-14-12-25(13-15-26)16-17-8-5-4-6-9-17/h4-11H,12-16H2,1-3H3,(H,24,27). The van der Waals surface area contributed by atoms with Gasteiger partial charge in [-0.2, -0.15) is 0 Å². The molecule has 2 aromatic rings. The highest BCUT2D eigenvalue weighted by molar-refractivity contribution is 5.96. The van der Waals surface area contributed by atoms with Gasteiger partial charge in [-0.05, 0) is 38.5 Å². The summed E-state index contributed by atoms with van der Waals surface area (Å²) in [6, 6.07) is 15.4. The van der Waals surface area contributed by atoms with Crippen molar-refractivity contribution in [2.75, 3.05) is 26.2 Å². The molecule has 0 saturated carbocycles. The number of nitrogens with one attached hydrogen (secondary N) is 1. The number of carbonyl (C=O) groups is 2. The fourth-order valence-electron chi connectivity index (χ4n) is 3.20. The molecule has 1 fully saturated rings. The van der Waals surface area contributed by atoms with E-state index >= 15 is 0 Å². The van der Waals surface area contributed by atoms with Gasteiger partial charge in [0, 0.05) is 38.3 Å². The Bertz CT molecular complexity index is 822. The van der Waals surface area contributed by atoms with Gasteiger partial charge in [0.15, 0.2) is 0 Å². The van der Waals surface area contributed by atoms with Gasteiger partial charge >= 0.3 is 0 Å². The van der Waals surface area contributed by atoms with Gasteiger partial charge in [-0.25, -0.2) is 4.98 Å². The van der Waals surface area contributed by atoms with Gasteiger partial charge in [0.05, 0.1) is 0 Å². The molecule has 2 heterocycles. The Morgan fingerprint density at radius 3 is 2.21 bits per heavy atom. The van der Waals surface area contributed by atoms with Crippen LogP contribution in [0.2, 0.25) is 0 Å². The number of benzene rings is 1. The fraction of sp³-hybridized carbons (Fsp3) is 0.409. The highest BCUT2D eigenvalue weighted by atomic mass is 16.2. The van der Waals surface area contributed by atoms with Gasteiger partial charge in [-0.3, -0.25) is 14.5 Å². The minimum Gasteiger partial charge on any atom is -0.346 e. The number of pyridine rings is 1. The molecule has 0 unspecified atom stereocenters. The van der Waals surface area contributed by atoms with Crippen molar-refractivity contribution in [3.05, 3.63) is 65.5 Å². The molecule has 1 aromatic carbocycles. The predicted octanol–water partition coefficient (Wildman–Crippen LogP) is 2.57. The maximum Gasteiger partial charge on any atom is 0.272 e. The Kier molecular flexibility index (Phi) is 6.09. The second-order valence-electron chi connectivity index (χ2n) is 8.17. The molecule has 0 radical (unpaired) electrons. The van der Waals surface area contributed by atoms with E-state index in [1.165, 1.54) is 5.56 Å². The van der Waals surface area contributed by atoms with Crippen LogP contribution in [0.5, 0.6) is 0 Å². The third-order valence-corrected chi connectivity index (χ3v) is 4.60. The lowest BCUT2D eigenvalue weighted by molar-refractivity contribution is 0.0622. The number of amides is 2. The van der Waals surface area contributed by atoms with Gasteiger partial charge in [0.1, 0.15) is 11.4 Å². The molecule has 1 aliphatic heterocycles. The molecule has 0 aliphatic carbocycles. The van der Waals surface area contributed by atoms with Gasteiger partial charge in [0.2, 0.25) is 0 Å². The molecule has 3 rings (SSSR count). The number of piperazine rings is 1. The normalized spacial score (nSPS) is 15.3. The van der Waals surface area contributed by atoms with Gasteiger partial charge < -0.3 is 10.2 Å². The summed E-state index contributed by atoms with van der Waals surface area (Å²) in [5.74, 6) is -0.389. The fourth-order valence-corrected chi connectivity index (χ4v) is 3.20. The smallest absolute Gasteiger partial charge is 0.272 e. The van der Waals surface area contributed by atoms with Gasteiger partial charge in [0.25, 0.3) is 11.8 Å². The number of hydrogen-bond acceptors (Lipinski definition) is 4. The van der Waals surface area contributed by atoms with Crippen LogP contribution in [0.4, 0.5) is 0 Å². The van der Waals surface area contributed by atoms with E-state index in [0.717, 1.165) is 19.6 Å². The molecule has 2 amide bonds. The summed E-state index contributed by atoms with van der Waals surface area (Å²) >= 11 is 0. The predicted molar refractivity (Wildman–Crippen MR) is 109 cm³/mol. The Morgan fingerprint density at radius 1 is 0.929 bits per heavy atom. The molecular weight excluding hydrogens is 352 g/mol. The lowest BCUT2D eigenvalue weighted by Crippen LogP contribution is -2.48. The van der Waals surface area contributed by atoms with E-state index in [1.54, 1.807) is 18.2 Å². The van der Waals surface area contributed by atoms with Crippen LogP contribution in [-0.4, -0.2) is 58.3 Å². The Balaban J connectivity index is 1.59. The van der Waals surface area contributed by atoms with Crippen LogP contribution in [0.3, 0.4) is 0 Å². The van der Waals surface area contributed by atoms with Crippen molar-refractivity contribution in [2.45, 2.75) is 32.9 Å². The molecule has 1 N–H and O–H groups in total. The molecular formula is C22H28N4O2. The first-order chi connectivity index (χ1) is 13.3. The zero-order chi connectivity index (χ0) is 20.1. The molecule has 28 heavy (non-hydrogen) atoms. The summed E-state index contributed by atoms with van der Waals surface area (Å²) in [4.78, 5) is 33.6. The molecule has 0 bridgehead atoms. The van der Waals surface area contributed by atoms with Crippen molar-refractivity contribution in [3.8, 4) is 0 Å². The molecule has 6 heteroatoms. The number of nitrogens with zero attached hydrogens (tertiary/aromatic N) is 3. The van der Waals surface area contributed by atoms with Crippen LogP contribution < -0.4 is 5.32 Å². The number of carbonyl (C=O) groups excluding carboxylic acids is 2. The second-order valence-corrected chi connectivity index (χ2v) is 8.17. The van der Waals surface area contributed by atoms with Crippen molar-refractivity contribution in [1.29, 1.82) is 0 Å². The molecule has 0 spiro atoms. The first kappa shape index (κ1) is 20.0. The average molecular weight is 380 g/mol. The van der Waals surface area contributed by atoms with Gasteiger partial charge in [-0.1, -0.05) is 36.4 Å². The number of aromatic nitrogens is 1. The van der Waals surface area contributed by atoms with Crippen molar-refractivity contribution in [1.82, 2.24) is 20.1 Å². The Morgan fingerprint density at radius 2 is 1.57 bits per heavy atom. The SMILES string of the molecule is CC(C)(C)NC(=O)c1cccc(C(=O)N2CCN(Cc3ccccc3)CC2)n1. The molecule has 1 aliphatic rings. The van der Waals surface area contributed by atoms with Gasteiger partial charge in [-0.15, -0.1) is 0 Å². The minimum absolute atomic E-state index is 0.121. The first-order valence-electron chi connectivity index (χ1n) is 9.67. The van der Waals surface area contributed by atoms with E-state index in [2.05, 4.69) is 27.3 Å². The Labute approximate surface area is 166 Å². The number of hydrogen-bond donors (Lipinski definition) is 1. The quantitative estimate of drug-likeness (QED) is 0.885. The number of rotatable bonds is 4. The van der Waals surface area contributed by atoms with Crippen molar-refractivity contribution < 1.29 is 9.59 Å². The molecule has 148 valence electrons. The average Bonchev–Trinajstić information content (AvgIpc) is 2.68. The summed E-state index contributed by atoms with van der Waals surface area (Å²) in [6.45, 7) is 9.59. The largest absolute Gasteiger partial charge is 0.346 e.